The molecule has 32 heavy (non-hydrogen) atoms. The Kier molecular flexibility index (Phi) is 5.92. The van der Waals surface area contributed by atoms with E-state index < -0.39 is 0 Å². The summed E-state index contributed by atoms with van der Waals surface area (Å²) in [7, 11) is 0. The third-order valence-electron chi connectivity index (χ3n) is 5.26. The molecular formula is C24H22ClN5O2. The van der Waals surface area contributed by atoms with Crippen molar-refractivity contribution in [1.82, 2.24) is 19.2 Å². The fraction of sp³-hybridized carbons (Fsp3) is 0.167. The van der Waals surface area contributed by atoms with E-state index in [1.54, 1.807) is 25.1 Å². The topological polar surface area (TPSA) is 81.3 Å². The first-order chi connectivity index (χ1) is 15.4. The highest BCUT2D eigenvalue weighted by Crippen LogP contribution is 2.21. The van der Waals surface area contributed by atoms with Gasteiger partial charge in [-0.25, -0.2) is 0 Å². The molecule has 2 heterocycles. The minimum absolute atomic E-state index is 0.107. The molecule has 0 aliphatic heterocycles. The van der Waals surface area contributed by atoms with Crippen LogP contribution >= 0.6 is 11.6 Å². The number of carbonyl (C=O) groups excluding carboxylic acids is 1. The Morgan fingerprint density at radius 2 is 1.94 bits per heavy atom. The van der Waals surface area contributed by atoms with E-state index in [0.717, 1.165) is 11.1 Å². The Hall–Kier alpha value is -3.71. The molecule has 0 aliphatic carbocycles. The van der Waals surface area contributed by atoms with Gasteiger partial charge in [-0.1, -0.05) is 54.1 Å². The number of fused-ring (bicyclic) bond motifs is 1. The molecule has 0 radical (unpaired) electrons. The maximum atomic E-state index is 13.3. The summed E-state index contributed by atoms with van der Waals surface area (Å²) in [5.74, 6) is 0.523. The summed E-state index contributed by atoms with van der Waals surface area (Å²) < 4.78 is 3.09. The number of amides is 1. The van der Waals surface area contributed by atoms with Gasteiger partial charge >= 0.3 is 0 Å². The highest BCUT2D eigenvalue weighted by molar-refractivity contribution is 6.31. The molecule has 0 fully saturated rings. The van der Waals surface area contributed by atoms with Gasteiger partial charge in [0.05, 0.1) is 6.42 Å². The van der Waals surface area contributed by atoms with Crippen LogP contribution in [-0.4, -0.2) is 25.1 Å². The number of benzene rings is 2. The summed E-state index contributed by atoms with van der Waals surface area (Å²) in [6.07, 6.45) is 1.61. The standard InChI is InChI=1S/C24H22ClN5O2/c1-4-12-29-16(3)19(14-21(31)26-18-11-10-15(2)20(25)13-18)23(32)30-24(29)27-22(28-30)17-8-6-5-7-9-17/h4-11,13H,1,12,14H2,2-3H3,(H,26,31). The van der Waals surface area contributed by atoms with Crippen LogP contribution in [0.25, 0.3) is 17.2 Å². The summed E-state index contributed by atoms with van der Waals surface area (Å²) >= 11 is 6.15. The summed E-state index contributed by atoms with van der Waals surface area (Å²) in [5.41, 5.74) is 2.91. The second-order valence-corrected chi connectivity index (χ2v) is 7.88. The first kappa shape index (κ1) is 21.5. The molecule has 7 nitrogen and oxygen atoms in total. The van der Waals surface area contributed by atoms with Gasteiger partial charge in [-0.15, -0.1) is 11.7 Å². The second kappa shape index (κ2) is 8.80. The normalized spacial score (nSPS) is 11.0. The van der Waals surface area contributed by atoms with Crippen LogP contribution in [0, 0.1) is 13.8 Å². The molecule has 2 aromatic carbocycles. The Balaban J connectivity index is 1.75. The van der Waals surface area contributed by atoms with Crippen LogP contribution in [0.3, 0.4) is 0 Å². The number of allylic oxidation sites excluding steroid dienone is 1. The van der Waals surface area contributed by atoms with E-state index in [1.165, 1.54) is 4.52 Å². The van der Waals surface area contributed by atoms with Crippen molar-refractivity contribution in [1.29, 1.82) is 0 Å². The Bertz CT molecular complexity index is 1390. The molecular weight excluding hydrogens is 426 g/mol. The number of halogens is 1. The minimum Gasteiger partial charge on any atom is -0.326 e. The van der Waals surface area contributed by atoms with Crippen LogP contribution in [0.1, 0.15) is 16.8 Å². The molecule has 1 amide bonds. The van der Waals surface area contributed by atoms with E-state index in [4.69, 9.17) is 11.6 Å². The molecule has 0 unspecified atom stereocenters. The Labute approximate surface area is 190 Å². The predicted octanol–water partition coefficient (Wildman–Crippen LogP) is 4.20. The zero-order valence-electron chi connectivity index (χ0n) is 17.8. The number of hydrogen-bond acceptors (Lipinski definition) is 4. The molecule has 0 spiro atoms. The fourth-order valence-corrected chi connectivity index (χ4v) is 3.69. The first-order valence-electron chi connectivity index (χ1n) is 10.1. The highest BCUT2D eigenvalue weighted by atomic mass is 35.5. The smallest absolute Gasteiger partial charge is 0.279 e. The van der Waals surface area contributed by atoms with Crippen molar-refractivity contribution in [2.75, 3.05) is 5.32 Å². The average molecular weight is 448 g/mol. The van der Waals surface area contributed by atoms with Crippen molar-refractivity contribution < 1.29 is 4.79 Å². The van der Waals surface area contributed by atoms with Gasteiger partial charge in [0.2, 0.25) is 11.7 Å². The van der Waals surface area contributed by atoms with Crippen LogP contribution in [-0.2, 0) is 17.8 Å². The van der Waals surface area contributed by atoms with Crippen molar-refractivity contribution in [2.24, 2.45) is 0 Å². The van der Waals surface area contributed by atoms with Crippen LogP contribution in [0.2, 0.25) is 5.02 Å². The van der Waals surface area contributed by atoms with E-state index in [1.807, 2.05) is 47.9 Å². The maximum Gasteiger partial charge on any atom is 0.279 e. The lowest BCUT2D eigenvalue weighted by Crippen LogP contribution is -2.29. The van der Waals surface area contributed by atoms with E-state index in [2.05, 4.69) is 22.0 Å². The molecule has 0 atom stereocenters. The van der Waals surface area contributed by atoms with Crippen LogP contribution in [0.4, 0.5) is 5.69 Å². The van der Waals surface area contributed by atoms with Gasteiger partial charge < -0.3 is 9.88 Å². The van der Waals surface area contributed by atoms with Gasteiger partial charge in [-0.2, -0.15) is 9.50 Å². The van der Waals surface area contributed by atoms with Crippen molar-refractivity contribution in [2.45, 2.75) is 26.8 Å². The molecule has 0 bridgehead atoms. The fourth-order valence-electron chi connectivity index (χ4n) is 3.51. The summed E-state index contributed by atoms with van der Waals surface area (Å²) in [6.45, 7) is 7.91. The van der Waals surface area contributed by atoms with Crippen molar-refractivity contribution >= 4 is 29.0 Å². The Morgan fingerprint density at radius 3 is 2.62 bits per heavy atom. The molecule has 4 rings (SSSR count). The van der Waals surface area contributed by atoms with Crippen LogP contribution < -0.4 is 10.9 Å². The highest BCUT2D eigenvalue weighted by Gasteiger charge is 2.20. The van der Waals surface area contributed by atoms with Crippen molar-refractivity contribution in [3.8, 4) is 11.4 Å². The van der Waals surface area contributed by atoms with E-state index in [9.17, 15) is 9.59 Å². The SMILES string of the molecule is C=CCn1c(C)c(CC(=O)Nc2ccc(C)c(Cl)c2)c(=O)n2nc(-c3ccccc3)nc12. The minimum atomic E-state index is -0.371. The molecule has 0 saturated heterocycles. The largest absolute Gasteiger partial charge is 0.326 e. The number of aryl methyl sites for hydroxylation is 1. The molecule has 8 heteroatoms. The van der Waals surface area contributed by atoms with Crippen molar-refractivity contribution in [3.63, 3.8) is 0 Å². The van der Waals surface area contributed by atoms with Gasteiger partial charge in [0.15, 0.2) is 5.82 Å². The van der Waals surface area contributed by atoms with Gasteiger partial charge in [-0.3, -0.25) is 9.59 Å². The molecule has 0 aliphatic rings. The number of hydrogen-bond donors (Lipinski definition) is 1. The number of carbonyl (C=O) groups is 1. The monoisotopic (exact) mass is 447 g/mol. The summed E-state index contributed by atoms with van der Waals surface area (Å²) in [6, 6.07) is 14.7. The number of nitrogens with one attached hydrogen (secondary N) is 1. The van der Waals surface area contributed by atoms with E-state index in [-0.39, 0.29) is 17.9 Å². The lowest BCUT2D eigenvalue weighted by molar-refractivity contribution is -0.115. The zero-order valence-corrected chi connectivity index (χ0v) is 18.6. The molecule has 0 saturated carbocycles. The first-order valence-corrected chi connectivity index (χ1v) is 10.5. The third-order valence-corrected chi connectivity index (χ3v) is 5.67. The molecule has 2 aromatic heterocycles. The van der Waals surface area contributed by atoms with E-state index in [0.29, 0.717) is 40.1 Å². The predicted molar refractivity (Wildman–Crippen MR) is 126 cm³/mol. The van der Waals surface area contributed by atoms with Crippen LogP contribution in [0.5, 0.6) is 0 Å². The quantitative estimate of drug-likeness (QED) is 0.449. The number of rotatable bonds is 6. The van der Waals surface area contributed by atoms with Gasteiger partial charge in [0.25, 0.3) is 5.56 Å². The number of nitrogens with zero attached hydrogens (tertiary/aromatic N) is 4. The number of aromatic nitrogens is 4. The zero-order chi connectivity index (χ0) is 22.8. The Morgan fingerprint density at radius 1 is 1.19 bits per heavy atom. The molecule has 162 valence electrons. The van der Waals surface area contributed by atoms with Gasteiger partial charge in [0, 0.05) is 34.1 Å². The second-order valence-electron chi connectivity index (χ2n) is 7.47. The van der Waals surface area contributed by atoms with E-state index >= 15 is 0 Å². The molecule has 1 N–H and O–H groups in total. The van der Waals surface area contributed by atoms with Crippen LogP contribution in [0.15, 0.2) is 66.0 Å². The summed E-state index contributed by atoms with van der Waals surface area (Å²) in [4.78, 5) is 30.6. The van der Waals surface area contributed by atoms with Gasteiger partial charge in [-0.05, 0) is 31.5 Å². The number of anilines is 1. The lowest BCUT2D eigenvalue weighted by atomic mass is 10.1. The molecule has 4 aromatic rings. The summed E-state index contributed by atoms with van der Waals surface area (Å²) in [5, 5.41) is 7.80. The lowest BCUT2D eigenvalue weighted by Gasteiger charge is -2.14. The third kappa shape index (κ3) is 4.07. The maximum absolute atomic E-state index is 13.3. The van der Waals surface area contributed by atoms with Gasteiger partial charge in [0.1, 0.15) is 0 Å². The van der Waals surface area contributed by atoms with Crippen molar-refractivity contribution in [3.05, 3.63) is 93.4 Å². The average Bonchev–Trinajstić information content (AvgIpc) is 3.23.